The third kappa shape index (κ3) is 11.2. The Bertz CT molecular complexity index is 678. The number of Topliss-reactive ketones (excluding diaryl/α,β-unsaturated/α-hetero) is 1. The lowest BCUT2D eigenvalue weighted by atomic mass is 10.1. The summed E-state index contributed by atoms with van der Waals surface area (Å²) >= 11 is 0. The van der Waals surface area contributed by atoms with Gasteiger partial charge in [-0.1, -0.05) is 77.9 Å². The Kier molecular flexibility index (Phi) is 10.7. The highest BCUT2D eigenvalue weighted by atomic mass is 16.1. The number of carbonyl (C=O) groups excluding carboxylic acids is 1. The molecule has 0 heterocycles. The number of aryl methyl sites for hydroxylation is 2. The number of hydrogen-bond donors (Lipinski definition) is 0. The van der Waals surface area contributed by atoms with Gasteiger partial charge in [0.25, 0.3) is 0 Å². The van der Waals surface area contributed by atoms with Gasteiger partial charge in [-0.2, -0.15) is 0 Å². The van der Waals surface area contributed by atoms with Gasteiger partial charge in [0.05, 0.1) is 0 Å². The summed E-state index contributed by atoms with van der Waals surface area (Å²) in [6.45, 7) is 9.66. The average molecular weight is 349 g/mol. The molecule has 0 radical (unpaired) electrons. The highest BCUT2D eigenvalue weighted by Crippen LogP contribution is 2.07. The van der Waals surface area contributed by atoms with E-state index >= 15 is 0 Å². The van der Waals surface area contributed by atoms with Crippen molar-refractivity contribution in [1.82, 2.24) is 0 Å². The van der Waals surface area contributed by atoms with Crippen molar-refractivity contribution in [3.8, 4) is 0 Å². The first kappa shape index (κ1) is 21.6. The van der Waals surface area contributed by atoms with E-state index in [-0.39, 0.29) is 5.78 Å². The Labute approximate surface area is 159 Å². The van der Waals surface area contributed by atoms with Crippen LogP contribution in [0.25, 0.3) is 6.08 Å². The van der Waals surface area contributed by atoms with Crippen LogP contribution in [0.3, 0.4) is 0 Å². The minimum absolute atomic E-state index is 0.284. The molecule has 0 spiro atoms. The molecule has 0 aliphatic rings. The van der Waals surface area contributed by atoms with Crippen molar-refractivity contribution >= 4 is 11.9 Å². The first-order valence-electron chi connectivity index (χ1n) is 9.38. The second-order valence-corrected chi connectivity index (χ2v) is 6.85. The summed E-state index contributed by atoms with van der Waals surface area (Å²) in [6, 6.07) is 18.9. The van der Waals surface area contributed by atoms with Crippen LogP contribution in [-0.2, 0) is 11.2 Å². The fraction of sp³-hybridized carbons (Fsp3) is 0.320. The minimum atomic E-state index is 0.284. The van der Waals surface area contributed by atoms with Crippen molar-refractivity contribution in [2.45, 2.75) is 52.9 Å². The molecule has 138 valence electrons. The zero-order chi connectivity index (χ0) is 19.2. The predicted molar refractivity (Wildman–Crippen MR) is 114 cm³/mol. The standard InChI is InChI=1S/C13H16.C12H16O/c1-12(2)8-6-7-11-13-9-4-3-5-10-13;1-10-6-8-12(9-7-10)5-3-4-11(2)13/h3-5,7,9-11H,1,6,8H2,2H3;6-9H,3-5H2,1-2H3/b11-7+;. The molecule has 0 N–H and O–H groups in total. The average Bonchev–Trinajstić information content (AvgIpc) is 2.61. The largest absolute Gasteiger partial charge is 0.300 e. The van der Waals surface area contributed by atoms with Crippen LogP contribution in [0.15, 0.2) is 72.8 Å². The van der Waals surface area contributed by atoms with E-state index in [4.69, 9.17) is 0 Å². The molecule has 0 aromatic heterocycles. The van der Waals surface area contributed by atoms with Gasteiger partial charge in [-0.25, -0.2) is 0 Å². The molecule has 0 aliphatic heterocycles. The lowest BCUT2D eigenvalue weighted by Gasteiger charge is -2.00. The number of carbonyl (C=O) groups is 1. The molecule has 0 fully saturated rings. The summed E-state index contributed by atoms with van der Waals surface area (Å²) in [4.78, 5) is 10.7. The Balaban J connectivity index is 0.000000260. The van der Waals surface area contributed by atoms with Crippen molar-refractivity contribution in [3.63, 3.8) is 0 Å². The van der Waals surface area contributed by atoms with Crippen LogP contribution < -0.4 is 0 Å². The van der Waals surface area contributed by atoms with Gasteiger partial charge in [0.2, 0.25) is 0 Å². The summed E-state index contributed by atoms with van der Waals surface area (Å²) in [6.07, 6.45) is 9.21. The molecule has 0 amide bonds. The van der Waals surface area contributed by atoms with Crippen molar-refractivity contribution < 1.29 is 4.79 Å². The van der Waals surface area contributed by atoms with Gasteiger partial charge in [0.15, 0.2) is 0 Å². The smallest absolute Gasteiger partial charge is 0.129 e. The zero-order valence-electron chi connectivity index (χ0n) is 16.5. The Hall–Kier alpha value is -2.41. The fourth-order valence-electron chi connectivity index (χ4n) is 2.41. The van der Waals surface area contributed by atoms with Gasteiger partial charge in [-0.15, -0.1) is 6.58 Å². The number of rotatable bonds is 8. The van der Waals surface area contributed by atoms with Crippen LogP contribution in [-0.4, -0.2) is 5.78 Å². The molecular weight excluding hydrogens is 316 g/mol. The van der Waals surface area contributed by atoms with Crippen LogP contribution in [0, 0.1) is 6.92 Å². The molecule has 2 aromatic rings. The topological polar surface area (TPSA) is 17.1 Å². The van der Waals surface area contributed by atoms with Crippen molar-refractivity contribution in [3.05, 3.63) is 89.5 Å². The van der Waals surface area contributed by atoms with Gasteiger partial charge in [0.1, 0.15) is 5.78 Å². The number of ketones is 1. The highest BCUT2D eigenvalue weighted by Gasteiger charge is 1.95. The molecule has 2 rings (SSSR count). The molecular formula is C25H32O. The lowest BCUT2D eigenvalue weighted by Crippen LogP contribution is -1.92. The first-order chi connectivity index (χ1) is 12.5. The summed E-state index contributed by atoms with van der Waals surface area (Å²) in [5, 5.41) is 0. The van der Waals surface area contributed by atoms with Crippen LogP contribution in [0.4, 0.5) is 0 Å². The Morgan fingerprint density at radius 2 is 1.62 bits per heavy atom. The summed E-state index contributed by atoms with van der Waals surface area (Å²) in [5.74, 6) is 0.284. The van der Waals surface area contributed by atoms with E-state index in [9.17, 15) is 4.79 Å². The lowest BCUT2D eigenvalue weighted by molar-refractivity contribution is -0.117. The first-order valence-corrected chi connectivity index (χ1v) is 9.38. The monoisotopic (exact) mass is 348 g/mol. The maximum absolute atomic E-state index is 10.7. The van der Waals surface area contributed by atoms with E-state index < -0.39 is 0 Å². The fourth-order valence-corrected chi connectivity index (χ4v) is 2.41. The van der Waals surface area contributed by atoms with E-state index in [0.29, 0.717) is 6.42 Å². The van der Waals surface area contributed by atoms with Gasteiger partial charge in [-0.05, 0) is 57.6 Å². The maximum Gasteiger partial charge on any atom is 0.129 e. The van der Waals surface area contributed by atoms with Crippen LogP contribution in [0.1, 0.15) is 56.2 Å². The Morgan fingerprint density at radius 1 is 0.962 bits per heavy atom. The molecule has 0 bridgehead atoms. The summed E-state index contributed by atoms with van der Waals surface area (Å²) in [5.41, 5.74) is 5.13. The van der Waals surface area contributed by atoms with E-state index in [0.717, 1.165) is 25.7 Å². The third-order valence-electron chi connectivity index (χ3n) is 3.96. The normalized spacial score (nSPS) is 10.3. The minimum Gasteiger partial charge on any atom is -0.300 e. The van der Waals surface area contributed by atoms with E-state index in [1.54, 1.807) is 6.92 Å². The molecule has 1 nitrogen and oxygen atoms in total. The summed E-state index contributed by atoms with van der Waals surface area (Å²) in [7, 11) is 0. The molecule has 0 saturated carbocycles. The van der Waals surface area contributed by atoms with Crippen molar-refractivity contribution in [1.29, 1.82) is 0 Å². The molecule has 1 heteroatoms. The van der Waals surface area contributed by atoms with Gasteiger partial charge >= 0.3 is 0 Å². The Morgan fingerprint density at radius 3 is 2.19 bits per heavy atom. The van der Waals surface area contributed by atoms with E-state index in [1.807, 2.05) is 6.07 Å². The molecule has 0 aliphatic carbocycles. The summed E-state index contributed by atoms with van der Waals surface area (Å²) < 4.78 is 0. The van der Waals surface area contributed by atoms with Gasteiger partial charge < -0.3 is 4.79 Å². The van der Waals surface area contributed by atoms with Crippen molar-refractivity contribution in [2.24, 2.45) is 0 Å². The van der Waals surface area contributed by atoms with E-state index in [1.165, 1.54) is 22.3 Å². The second kappa shape index (κ2) is 12.9. The number of benzene rings is 2. The third-order valence-corrected chi connectivity index (χ3v) is 3.96. The SMILES string of the molecule is C=C(C)CC/C=C/c1ccccc1.CC(=O)CCCc1ccc(C)cc1. The molecule has 0 atom stereocenters. The molecule has 0 unspecified atom stereocenters. The van der Waals surface area contributed by atoms with Crippen LogP contribution in [0.5, 0.6) is 0 Å². The number of hydrogen-bond acceptors (Lipinski definition) is 1. The molecule has 2 aromatic carbocycles. The van der Waals surface area contributed by atoms with Gasteiger partial charge in [-0.3, -0.25) is 0 Å². The molecule has 0 saturated heterocycles. The quantitative estimate of drug-likeness (QED) is 0.471. The molecule has 26 heavy (non-hydrogen) atoms. The van der Waals surface area contributed by atoms with Gasteiger partial charge in [0, 0.05) is 6.42 Å². The zero-order valence-corrected chi connectivity index (χ0v) is 16.5. The predicted octanol–water partition coefficient (Wildman–Crippen LogP) is 6.96. The number of allylic oxidation sites excluding steroid dienone is 2. The van der Waals surface area contributed by atoms with Crippen LogP contribution >= 0.6 is 0 Å². The highest BCUT2D eigenvalue weighted by molar-refractivity contribution is 5.75. The van der Waals surface area contributed by atoms with Crippen LogP contribution in [0.2, 0.25) is 0 Å². The van der Waals surface area contributed by atoms with Crippen molar-refractivity contribution in [2.75, 3.05) is 0 Å². The maximum atomic E-state index is 10.7. The second-order valence-electron chi connectivity index (χ2n) is 6.85. The van der Waals surface area contributed by atoms with E-state index in [2.05, 4.69) is 81.1 Å².